The van der Waals surface area contributed by atoms with E-state index in [0.29, 0.717) is 17.3 Å². The molecular weight excluding hydrogens is 206 g/mol. The van der Waals surface area contributed by atoms with Crippen molar-refractivity contribution in [1.29, 1.82) is 0 Å². The lowest BCUT2D eigenvalue weighted by atomic mass is 9.68. The predicted octanol–water partition coefficient (Wildman–Crippen LogP) is 4.38. The molecule has 100 valence electrons. The summed E-state index contributed by atoms with van der Waals surface area (Å²) in [5.74, 6) is 2.14. The van der Waals surface area contributed by atoms with Crippen LogP contribution in [0.5, 0.6) is 0 Å². The molecule has 0 heterocycles. The zero-order chi connectivity index (χ0) is 13.3. The second-order valence-corrected chi connectivity index (χ2v) is 6.75. The molecule has 0 aromatic heterocycles. The van der Waals surface area contributed by atoms with Gasteiger partial charge in [0.15, 0.2) is 0 Å². The van der Waals surface area contributed by atoms with Gasteiger partial charge in [-0.1, -0.05) is 45.8 Å². The molecule has 3 atom stereocenters. The van der Waals surface area contributed by atoms with Gasteiger partial charge in [0, 0.05) is 5.54 Å². The lowest BCUT2D eigenvalue weighted by Gasteiger charge is -2.40. The van der Waals surface area contributed by atoms with Gasteiger partial charge in [-0.25, -0.2) is 0 Å². The predicted molar refractivity (Wildman–Crippen MR) is 76.9 cm³/mol. The monoisotopic (exact) mass is 237 g/mol. The molecule has 1 saturated carbocycles. The molecule has 0 aliphatic heterocycles. The van der Waals surface area contributed by atoms with E-state index in [1.807, 2.05) is 0 Å². The van der Waals surface area contributed by atoms with Crippen LogP contribution in [-0.2, 0) is 0 Å². The van der Waals surface area contributed by atoms with Crippen LogP contribution in [0.3, 0.4) is 0 Å². The van der Waals surface area contributed by atoms with E-state index in [0.717, 1.165) is 5.92 Å². The lowest BCUT2D eigenvalue weighted by molar-refractivity contribution is 0.159. The van der Waals surface area contributed by atoms with Gasteiger partial charge in [-0.2, -0.15) is 0 Å². The molecule has 17 heavy (non-hydrogen) atoms. The summed E-state index contributed by atoms with van der Waals surface area (Å²) >= 11 is 0. The number of allylic oxidation sites excluding steroid dienone is 2. The first-order valence-corrected chi connectivity index (χ1v) is 7.23. The third-order valence-corrected chi connectivity index (χ3v) is 4.70. The number of rotatable bonds is 6. The molecule has 1 nitrogen and oxygen atoms in total. The number of nitrogens with two attached hydrogens (primary N) is 1. The van der Waals surface area contributed by atoms with Crippen LogP contribution in [0, 0.1) is 23.2 Å². The maximum absolute atomic E-state index is 6.53. The molecule has 1 aliphatic rings. The van der Waals surface area contributed by atoms with E-state index < -0.39 is 0 Å². The van der Waals surface area contributed by atoms with Crippen LogP contribution < -0.4 is 5.73 Å². The van der Waals surface area contributed by atoms with Crippen molar-refractivity contribution >= 4 is 0 Å². The minimum Gasteiger partial charge on any atom is -0.325 e. The van der Waals surface area contributed by atoms with Crippen LogP contribution >= 0.6 is 0 Å². The molecule has 1 fully saturated rings. The highest BCUT2D eigenvalue weighted by Gasteiger charge is 2.64. The Morgan fingerprint density at radius 1 is 1.41 bits per heavy atom. The van der Waals surface area contributed by atoms with Crippen molar-refractivity contribution in [3.05, 3.63) is 12.2 Å². The van der Waals surface area contributed by atoms with Gasteiger partial charge in [-0.15, -0.1) is 0 Å². The fourth-order valence-electron chi connectivity index (χ4n) is 3.88. The first-order valence-electron chi connectivity index (χ1n) is 7.23. The molecule has 0 bridgehead atoms. The van der Waals surface area contributed by atoms with Gasteiger partial charge in [0.25, 0.3) is 0 Å². The quantitative estimate of drug-likeness (QED) is 0.682. The molecule has 0 amide bonds. The Balaban J connectivity index is 3.00. The molecule has 1 heteroatoms. The van der Waals surface area contributed by atoms with Crippen molar-refractivity contribution in [1.82, 2.24) is 0 Å². The van der Waals surface area contributed by atoms with Crippen molar-refractivity contribution in [2.75, 3.05) is 0 Å². The highest BCUT2D eigenvalue weighted by Crippen LogP contribution is 2.66. The Morgan fingerprint density at radius 2 is 2.00 bits per heavy atom. The highest BCUT2D eigenvalue weighted by molar-refractivity contribution is 5.19. The Hall–Kier alpha value is -0.300. The average Bonchev–Trinajstić information content (AvgIpc) is 2.89. The second-order valence-electron chi connectivity index (χ2n) is 6.75. The minimum atomic E-state index is -0.0682. The Morgan fingerprint density at radius 3 is 2.35 bits per heavy atom. The minimum absolute atomic E-state index is 0.0682. The van der Waals surface area contributed by atoms with Crippen molar-refractivity contribution in [3.8, 4) is 0 Å². The summed E-state index contributed by atoms with van der Waals surface area (Å²) < 4.78 is 0. The van der Waals surface area contributed by atoms with Crippen molar-refractivity contribution < 1.29 is 0 Å². The van der Waals surface area contributed by atoms with Gasteiger partial charge < -0.3 is 5.73 Å². The molecule has 0 radical (unpaired) electrons. The van der Waals surface area contributed by atoms with Crippen LogP contribution in [-0.4, -0.2) is 5.54 Å². The van der Waals surface area contributed by atoms with Crippen LogP contribution in [0.25, 0.3) is 0 Å². The molecule has 0 aromatic rings. The van der Waals surface area contributed by atoms with E-state index in [9.17, 15) is 0 Å². The van der Waals surface area contributed by atoms with E-state index in [4.69, 9.17) is 5.73 Å². The summed E-state index contributed by atoms with van der Waals surface area (Å²) in [6, 6.07) is 0. The van der Waals surface area contributed by atoms with E-state index in [-0.39, 0.29) is 5.54 Å². The molecule has 0 spiro atoms. The average molecular weight is 237 g/mol. The van der Waals surface area contributed by atoms with E-state index >= 15 is 0 Å². The first kappa shape index (κ1) is 14.8. The van der Waals surface area contributed by atoms with Crippen LogP contribution in [0.15, 0.2) is 12.2 Å². The van der Waals surface area contributed by atoms with Crippen molar-refractivity contribution in [3.63, 3.8) is 0 Å². The molecule has 1 aliphatic carbocycles. The topological polar surface area (TPSA) is 26.0 Å². The fourth-order valence-corrected chi connectivity index (χ4v) is 3.88. The third-order valence-electron chi connectivity index (χ3n) is 4.70. The molecule has 3 unspecified atom stereocenters. The molecule has 2 N–H and O–H groups in total. The van der Waals surface area contributed by atoms with E-state index in [1.54, 1.807) is 0 Å². The standard InChI is InChI=1S/C16H31N/c1-7-9-13-11-16(13,15(5,6)17)14(10-8-2)12(3)4/h8,10,12-14H,7,9,11,17H2,1-6H3/b10-8+. The third kappa shape index (κ3) is 2.59. The summed E-state index contributed by atoms with van der Waals surface area (Å²) in [4.78, 5) is 0. The van der Waals surface area contributed by atoms with Crippen molar-refractivity contribution in [2.45, 2.75) is 66.3 Å². The summed E-state index contributed by atoms with van der Waals surface area (Å²) in [6.07, 6.45) is 8.54. The summed E-state index contributed by atoms with van der Waals surface area (Å²) in [5, 5.41) is 0. The molecule has 0 saturated heterocycles. The van der Waals surface area contributed by atoms with Gasteiger partial charge in [0.2, 0.25) is 0 Å². The van der Waals surface area contributed by atoms with Crippen LogP contribution in [0.4, 0.5) is 0 Å². The Labute approximate surface area is 108 Å². The van der Waals surface area contributed by atoms with Gasteiger partial charge >= 0.3 is 0 Å². The largest absolute Gasteiger partial charge is 0.325 e. The van der Waals surface area contributed by atoms with Crippen molar-refractivity contribution in [2.24, 2.45) is 28.9 Å². The lowest BCUT2D eigenvalue weighted by Crippen LogP contribution is -2.48. The first-order chi connectivity index (χ1) is 7.81. The second kappa shape index (κ2) is 5.14. The zero-order valence-corrected chi connectivity index (χ0v) is 12.6. The molecule has 0 aromatic carbocycles. The normalized spacial score (nSPS) is 31.2. The summed E-state index contributed by atoms with van der Waals surface area (Å²) in [7, 11) is 0. The highest BCUT2D eigenvalue weighted by atomic mass is 14.8. The van der Waals surface area contributed by atoms with Crippen LogP contribution in [0.2, 0.25) is 0 Å². The number of hydrogen-bond donors (Lipinski definition) is 1. The molecule has 1 rings (SSSR count). The summed E-state index contributed by atoms with van der Waals surface area (Å²) in [6.45, 7) is 13.5. The summed E-state index contributed by atoms with van der Waals surface area (Å²) in [5.41, 5.74) is 6.80. The smallest absolute Gasteiger partial charge is 0.0162 e. The van der Waals surface area contributed by atoms with Gasteiger partial charge in [-0.3, -0.25) is 0 Å². The van der Waals surface area contributed by atoms with E-state index in [2.05, 4.69) is 53.7 Å². The fraction of sp³-hybridized carbons (Fsp3) is 0.875. The van der Waals surface area contributed by atoms with Crippen LogP contribution in [0.1, 0.15) is 60.8 Å². The molecular formula is C16H31N. The Kier molecular flexibility index (Phi) is 4.46. The number of hydrogen-bond acceptors (Lipinski definition) is 1. The maximum Gasteiger partial charge on any atom is 0.0162 e. The SMILES string of the molecule is C/C=C/C(C(C)C)C1(C(C)(C)N)CC1CCC. The van der Waals surface area contributed by atoms with Gasteiger partial charge in [0.05, 0.1) is 0 Å². The van der Waals surface area contributed by atoms with Gasteiger partial charge in [0.1, 0.15) is 0 Å². The van der Waals surface area contributed by atoms with Gasteiger partial charge in [-0.05, 0) is 50.4 Å². The zero-order valence-electron chi connectivity index (χ0n) is 12.6. The maximum atomic E-state index is 6.53. The van der Waals surface area contributed by atoms with E-state index in [1.165, 1.54) is 19.3 Å². The Bertz CT molecular complexity index is 272.